The van der Waals surface area contributed by atoms with Gasteiger partial charge < -0.3 is 19.3 Å². The zero-order valence-corrected chi connectivity index (χ0v) is 15.7. The normalized spacial score (nSPS) is 11.0. The lowest BCUT2D eigenvalue weighted by Gasteiger charge is -2.17. The molecule has 0 aliphatic carbocycles. The summed E-state index contributed by atoms with van der Waals surface area (Å²) in [6.07, 6.45) is 2.54. The Morgan fingerprint density at radius 2 is 1.12 bits per heavy atom. The standard InChI is InChI=1S/C18H32O7/c1-18(2,3)10-14-25-17(22)9-6-13-24-16(21)8-5-12-23-15(20)7-4-11-19/h19H,4-14H2,1-3H3. The maximum Gasteiger partial charge on any atom is 0.305 e. The van der Waals surface area contributed by atoms with Gasteiger partial charge in [0.1, 0.15) is 0 Å². The highest BCUT2D eigenvalue weighted by molar-refractivity contribution is 5.70. The smallest absolute Gasteiger partial charge is 0.305 e. The Morgan fingerprint density at radius 1 is 0.720 bits per heavy atom. The zero-order valence-electron chi connectivity index (χ0n) is 15.7. The van der Waals surface area contributed by atoms with Gasteiger partial charge in [-0.25, -0.2) is 0 Å². The molecule has 146 valence electrons. The van der Waals surface area contributed by atoms with Gasteiger partial charge in [-0.3, -0.25) is 14.4 Å². The molecular weight excluding hydrogens is 328 g/mol. The Balaban J connectivity index is 3.51. The number of hydrogen-bond donors (Lipinski definition) is 1. The molecule has 0 aliphatic heterocycles. The Bertz CT molecular complexity index is 399. The fourth-order valence-corrected chi connectivity index (χ4v) is 1.72. The molecule has 0 amide bonds. The Kier molecular flexibility index (Phi) is 12.7. The number of carbonyl (C=O) groups excluding carboxylic acids is 3. The van der Waals surface area contributed by atoms with Gasteiger partial charge in [0.05, 0.1) is 19.8 Å². The molecule has 0 saturated heterocycles. The van der Waals surface area contributed by atoms with E-state index >= 15 is 0 Å². The predicted octanol–water partition coefficient (Wildman–Crippen LogP) is 2.39. The fraction of sp³-hybridized carbons (Fsp3) is 0.833. The van der Waals surface area contributed by atoms with Gasteiger partial charge in [0, 0.05) is 25.9 Å². The van der Waals surface area contributed by atoms with Crippen LogP contribution in [-0.2, 0) is 28.6 Å². The van der Waals surface area contributed by atoms with Gasteiger partial charge in [0.25, 0.3) is 0 Å². The molecule has 0 aromatic rings. The van der Waals surface area contributed by atoms with Crippen molar-refractivity contribution in [1.29, 1.82) is 0 Å². The van der Waals surface area contributed by atoms with E-state index in [-0.39, 0.29) is 62.4 Å². The quantitative estimate of drug-likeness (QED) is 0.306. The third-order valence-corrected chi connectivity index (χ3v) is 3.23. The van der Waals surface area contributed by atoms with Crippen LogP contribution >= 0.6 is 0 Å². The highest BCUT2D eigenvalue weighted by Crippen LogP contribution is 2.18. The second-order valence-corrected chi connectivity index (χ2v) is 7.01. The van der Waals surface area contributed by atoms with Crippen LogP contribution in [0, 0.1) is 5.41 Å². The number of carbonyl (C=O) groups is 3. The topological polar surface area (TPSA) is 99.1 Å². The van der Waals surface area contributed by atoms with Crippen LogP contribution in [0.1, 0.15) is 65.7 Å². The average molecular weight is 360 g/mol. The van der Waals surface area contributed by atoms with E-state index in [2.05, 4.69) is 20.8 Å². The van der Waals surface area contributed by atoms with Crippen LogP contribution in [0.15, 0.2) is 0 Å². The first-order chi connectivity index (χ1) is 11.7. The van der Waals surface area contributed by atoms with E-state index in [9.17, 15) is 14.4 Å². The van der Waals surface area contributed by atoms with Crippen molar-refractivity contribution >= 4 is 17.9 Å². The van der Waals surface area contributed by atoms with Crippen molar-refractivity contribution in [3.8, 4) is 0 Å². The molecule has 0 aromatic carbocycles. The minimum Gasteiger partial charge on any atom is -0.466 e. The molecule has 0 radical (unpaired) electrons. The van der Waals surface area contributed by atoms with Crippen molar-refractivity contribution in [2.24, 2.45) is 5.41 Å². The van der Waals surface area contributed by atoms with Gasteiger partial charge in [-0.1, -0.05) is 20.8 Å². The first-order valence-corrected chi connectivity index (χ1v) is 8.82. The van der Waals surface area contributed by atoms with Crippen molar-refractivity contribution in [3.63, 3.8) is 0 Å². The van der Waals surface area contributed by atoms with Crippen LogP contribution in [0.5, 0.6) is 0 Å². The molecule has 0 saturated carbocycles. The number of hydrogen-bond acceptors (Lipinski definition) is 7. The van der Waals surface area contributed by atoms with E-state index in [0.717, 1.165) is 6.42 Å². The molecule has 1 N–H and O–H groups in total. The van der Waals surface area contributed by atoms with Crippen LogP contribution in [0.3, 0.4) is 0 Å². The molecule has 0 aliphatic rings. The molecule has 0 fully saturated rings. The number of aliphatic hydroxyl groups is 1. The second-order valence-electron chi connectivity index (χ2n) is 7.01. The highest BCUT2D eigenvalue weighted by atomic mass is 16.5. The van der Waals surface area contributed by atoms with E-state index in [1.54, 1.807) is 0 Å². The van der Waals surface area contributed by atoms with Crippen LogP contribution in [0.4, 0.5) is 0 Å². The minimum absolute atomic E-state index is 0.0500. The summed E-state index contributed by atoms with van der Waals surface area (Å²) >= 11 is 0. The van der Waals surface area contributed by atoms with Crippen molar-refractivity contribution in [2.75, 3.05) is 26.4 Å². The fourth-order valence-electron chi connectivity index (χ4n) is 1.72. The lowest BCUT2D eigenvalue weighted by atomic mass is 9.93. The highest BCUT2D eigenvalue weighted by Gasteiger charge is 2.12. The summed E-state index contributed by atoms with van der Waals surface area (Å²) in [7, 11) is 0. The maximum absolute atomic E-state index is 11.5. The van der Waals surface area contributed by atoms with Crippen LogP contribution in [-0.4, -0.2) is 49.4 Å². The first kappa shape index (κ1) is 23.4. The van der Waals surface area contributed by atoms with Crippen molar-refractivity contribution < 1.29 is 33.7 Å². The number of aliphatic hydroxyl groups excluding tert-OH is 1. The summed E-state index contributed by atoms with van der Waals surface area (Å²) in [6.45, 7) is 6.91. The van der Waals surface area contributed by atoms with E-state index in [0.29, 0.717) is 25.9 Å². The molecule has 7 heteroatoms. The van der Waals surface area contributed by atoms with E-state index in [1.807, 2.05) is 0 Å². The van der Waals surface area contributed by atoms with Gasteiger partial charge in [0.2, 0.25) is 0 Å². The van der Waals surface area contributed by atoms with Gasteiger partial charge in [-0.05, 0) is 31.1 Å². The zero-order chi connectivity index (χ0) is 19.1. The Labute approximate surface area is 150 Å². The van der Waals surface area contributed by atoms with E-state index < -0.39 is 0 Å². The third kappa shape index (κ3) is 17.0. The summed E-state index contributed by atoms with van der Waals surface area (Å²) in [6, 6.07) is 0. The molecular formula is C18H32O7. The summed E-state index contributed by atoms with van der Waals surface area (Å²) < 4.78 is 15.0. The van der Waals surface area contributed by atoms with Crippen molar-refractivity contribution in [1.82, 2.24) is 0 Å². The van der Waals surface area contributed by atoms with Gasteiger partial charge >= 0.3 is 17.9 Å². The maximum atomic E-state index is 11.5. The van der Waals surface area contributed by atoms with E-state index in [4.69, 9.17) is 19.3 Å². The summed E-state index contributed by atoms with van der Waals surface area (Å²) in [5, 5.41) is 8.57. The van der Waals surface area contributed by atoms with Crippen LogP contribution in [0.2, 0.25) is 0 Å². The molecule has 0 rings (SSSR count). The van der Waals surface area contributed by atoms with Gasteiger partial charge in [-0.15, -0.1) is 0 Å². The van der Waals surface area contributed by atoms with E-state index in [1.165, 1.54) is 0 Å². The van der Waals surface area contributed by atoms with Crippen LogP contribution < -0.4 is 0 Å². The number of esters is 3. The number of ether oxygens (including phenoxy) is 3. The summed E-state index contributed by atoms with van der Waals surface area (Å²) in [4.78, 5) is 34.1. The number of rotatable bonds is 13. The second kappa shape index (κ2) is 13.6. The molecule has 25 heavy (non-hydrogen) atoms. The molecule has 0 bridgehead atoms. The average Bonchev–Trinajstić information content (AvgIpc) is 2.52. The minimum atomic E-state index is -0.382. The molecule has 0 atom stereocenters. The molecule has 0 heterocycles. The van der Waals surface area contributed by atoms with Crippen LogP contribution in [0.25, 0.3) is 0 Å². The predicted molar refractivity (Wildman–Crippen MR) is 91.7 cm³/mol. The Morgan fingerprint density at radius 3 is 1.52 bits per heavy atom. The SMILES string of the molecule is CC(C)(C)CCOC(=O)CCCOC(=O)CCCOC(=O)CCCO. The third-order valence-electron chi connectivity index (χ3n) is 3.23. The molecule has 7 nitrogen and oxygen atoms in total. The molecule has 0 spiro atoms. The van der Waals surface area contributed by atoms with Gasteiger partial charge in [0.15, 0.2) is 0 Å². The first-order valence-electron chi connectivity index (χ1n) is 8.82. The Hall–Kier alpha value is -1.63. The largest absolute Gasteiger partial charge is 0.466 e. The summed E-state index contributed by atoms with van der Waals surface area (Å²) in [5.74, 6) is -1.05. The lowest BCUT2D eigenvalue weighted by Crippen LogP contribution is -2.14. The monoisotopic (exact) mass is 360 g/mol. The van der Waals surface area contributed by atoms with Gasteiger partial charge in [-0.2, -0.15) is 0 Å². The van der Waals surface area contributed by atoms with Crippen molar-refractivity contribution in [2.45, 2.75) is 65.7 Å². The summed E-state index contributed by atoms with van der Waals surface area (Å²) in [5.41, 5.74) is 0.128. The molecule has 0 unspecified atom stereocenters. The molecule has 0 aromatic heterocycles. The van der Waals surface area contributed by atoms with Crippen molar-refractivity contribution in [3.05, 3.63) is 0 Å². The lowest BCUT2D eigenvalue weighted by molar-refractivity contribution is -0.149.